The number of nitrogens with one attached hydrogen (secondary N) is 2. The zero-order valence-corrected chi connectivity index (χ0v) is 12.0. The molecule has 6 nitrogen and oxygen atoms in total. The molecule has 1 aliphatic rings. The van der Waals surface area contributed by atoms with Crippen LogP contribution in [-0.2, 0) is 0 Å². The smallest absolute Gasteiger partial charge is 0.338 e. The fraction of sp³-hybridized carbons (Fsp3) is 0.286. The molecule has 0 radical (unpaired) electrons. The number of thiophene rings is 1. The van der Waals surface area contributed by atoms with E-state index in [1.807, 2.05) is 18.3 Å². The van der Waals surface area contributed by atoms with E-state index in [0.717, 1.165) is 18.5 Å². The zero-order valence-electron chi connectivity index (χ0n) is 11.2. The van der Waals surface area contributed by atoms with Crippen LogP contribution in [0.25, 0.3) is 0 Å². The molecular formula is C14H15N3O3S. The minimum Gasteiger partial charge on any atom is -0.478 e. The lowest BCUT2D eigenvalue weighted by atomic mass is 10.1. The summed E-state index contributed by atoms with van der Waals surface area (Å²) in [5, 5.41) is 13.8. The zero-order chi connectivity index (χ0) is 14.8. The summed E-state index contributed by atoms with van der Waals surface area (Å²) in [6, 6.07) is 5.13. The molecule has 0 aromatic carbocycles. The van der Waals surface area contributed by atoms with Gasteiger partial charge in [-0.3, -0.25) is 5.32 Å². The number of hydrogen-bond donors (Lipinski definition) is 3. The third-order valence-electron chi connectivity index (χ3n) is 3.61. The van der Waals surface area contributed by atoms with Gasteiger partial charge in [0.25, 0.3) is 0 Å². The molecule has 1 saturated heterocycles. The molecule has 110 valence electrons. The predicted octanol–water partition coefficient (Wildman–Crippen LogP) is 3.14. The molecule has 0 spiro atoms. The molecule has 0 bridgehead atoms. The van der Waals surface area contributed by atoms with Gasteiger partial charge in [-0.05, 0) is 36.4 Å². The van der Waals surface area contributed by atoms with Crippen molar-refractivity contribution in [3.8, 4) is 0 Å². The molecule has 1 fully saturated rings. The van der Waals surface area contributed by atoms with E-state index in [1.54, 1.807) is 10.3 Å². The van der Waals surface area contributed by atoms with E-state index < -0.39 is 5.97 Å². The molecule has 0 saturated carbocycles. The van der Waals surface area contributed by atoms with Crippen LogP contribution in [0.5, 0.6) is 0 Å². The fourth-order valence-corrected chi connectivity index (χ4v) is 3.40. The van der Waals surface area contributed by atoms with Crippen LogP contribution in [0.1, 0.15) is 34.9 Å². The number of amides is 2. The number of rotatable bonds is 3. The number of aromatic amines is 1. The topological polar surface area (TPSA) is 85.4 Å². The van der Waals surface area contributed by atoms with E-state index in [0.29, 0.717) is 11.5 Å². The van der Waals surface area contributed by atoms with Crippen molar-refractivity contribution in [2.75, 3.05) is 11.9 Å². The van der Waals surface area contributed by atoms with Crippen molar-refractivity contribution in [2.24, 2.45) is 0 Å². The first-order chi connectivity index (χ1) is 10.2. The molecule has 1 unspecified atom stereocenters. The number of anilines is 1. The number of carboxylic acid groups (broad SMARTS) is 1. The number of aromatic carboxylic acids is 1. The number of nitrogens with zero attached hydrogens (tertiary/aromatic N) is 1. The Kier molecular flexibility index (Phi) is 3.66. The highest BCUT2D eigenvalue weighted by Crippen LogP contribution is 2.32. The Hall–Kier alpha value is -2.28. The summed E-state index contributed by atoms with van der Waals surface area (Å²) in [4.78, 5) is 28.4. The molecule has 7 heteroatoms. The maximum atomic E-state index is 12.4. The van der Waals surface area contributed by atoms with Gasteiger partial charge in [-0.2, -0.15) is 0 Å². The van der Waals surface area contributed by atoms with E-state index in [4.69, 9.17) is 5.11 Å². The minimum absolute atomic E-state index is 0.0215. The number of urea groups is 1. The first kappa shape index (κ1) is 13.7. The Balaban J connectivity index is 1.76. The number of carbonyl (C=O) groups excluding carboxylic acids is 1. The Morgan fingerprint density at radius 3 is 3.00 bits per heavy atom. The van der Waals surface area contributed by atoms with Crippen molar-refractivity contribution in [3.63, 3.8) is 0 Å². The van der Waals surface area contributed by atoms with E-state index >= 15 is 0 Å². The predicted molar refractivity (Wildman–Crippen MR) is 79.8 cm³/mol. The molecule has 3 N–H and O–H groups in total. The van der Waals surface area contributed by atoms with Crippen molar-refractivity contribution in [2.45, 2.75) is 18.9 Å². The number of aromatic nitrogens is 1. The van der Waals surface area contributed by atoms with Gasteiger partial charge in [-0.25, -0.2) is 9.59 Å². The van der Waals surface area contributed by atoms with Gasteiger partial charge in [0.2, 0.25) is 0 Å². The molecule has 21 heavy (non-hydrogen) atoms. The van der Waals surface area contributed by atoms with E-state index in [1.165, 1.54) is 17.4 Å². The molecule has 0 aliphatic carbocycles. The van der Waals surface area contributed by atoms with Crippen LogP contribution in [0.2, 0.25) is 0 Å². The Bertz CT molecular complexity index is 650. The second-order valence-electron chi connectivity index (χ2n) is 4.88. The minimum atomic E-state index is -1.03. The standard InChI is InChI=1S/C14H15N3O3S/c18-13(19)9-5-8-21-12(9)16-14(20)17-7-2-4-11(17)10-3-1-6-15-10/h1,3,5-6,8,11,15H,2,4,7H2,(H,16,20)(H,18,19). The molecule has 2 aromatic heterocycles. The average molecular weight is 305 g/mol. The van der Waals surface area contributed by atoms with Crippen molar-refractivity contribution in [1.82, 2.24) is 9.88 Å². The number of carbonyl (C=O) groups is 2. The molecular weight excluding hydrogens is 290 g/mol. The van der Waals surface area contributed by atoms with Gasteiger partial charge in [0.05, 0.1) is 11.6 Å². The SMILES string of the molecule is O=C(O)c1ccsc1NC(=O)N1CCCC1c1ccc[nH]1. The molecule has 2 amide bonds. The summed E-state index contributed by atoms with van der Waals surface area (Å²) in [5.41, 5.74) is 1.14. The summed E-state index contributed by atoms with van der Waals surface area (Å²) in [6.07, 6.45) is 3.68. The normalized spacial score (nSPS) is 17.9. The maximum Gasteiger partial charge on any atom is 0.338 e. The third kappa shape index (κ3) is 2.64. The highest BCUT2D eigenvalue weighted by atomic mass is 32.1. The van der Waals surface area contributed by atoms with Crippen LogP contribution in [-0.4, -0.2) is 33.5 Å². The summed E-state index contributed by atoms with van der Waals surface area (Å²) in [7, 11) is 0. The maximum absolute atomic E-state index is 12.4. The molecule has 3 heterocycles. The van der Waals surface area contributed by atoms with Gasteiger partial charge in [0, 0.05) is 18.4 Å². The van der Waals surface area contributed by atoms with Gasteiger partial charge in [0.1, 0.15) is 5.00 Å². The van der Waals surface area contributed by atoms with Gasteiger partial charge in [-0.1, -0.05) is 0 Å². The largest absolute Gasteiger partial charge is 0.478 e. The van der Waals surface area contributed by atoms with Crippen LogP contribution < -0.4 is 5.32 Å². The van der Waals surface area contributed by atoms with Gasteiger partial charge >= 0.3 is 12.0 Å². The summed E-state index contributed by atoms with van der Waals surface area (Å²) >= 11 is 1.22. The Morgan fingerprint density at radius 2 is 2.29 bits per heavy atom. The van der Waals surface area contributed by atoms with Crippen molar-refractivity contribution >= 4 is 28.3 Å². The van der Waals surface area contributed by atoms with E-state index in [9.17, 15) is 9.59 Å². The lowest BCUT2D eigenvalue weighted by molar-refractivity contribution is 0.0698. The molecule has 3 rings (SSSR count). The second kappa shape index (κ2) is 5.61. The summed E-state index contributed by atoms with van der Waals surface area (Å²) in [5.74, 6) is -1.03. The quantitative estimate of drug-likeness (QED) is 0.814. The summed E-state index contributed by atoms with van der Waals surface area (Å²) < 4.78 is 0. The lowest BCUT2D eigenvalue weighted by Gasteiger charge is -2.24. The van der Waals surface area contributed by atoms with Gasteiger partial charge < -0.3 is 15.0 Å². The number of carboxylic acids is 1. The van der Waals surface area contributed by atoms with E-state index in [2.05, 4.69) is 10.3 Å². The van der Waals surface area contributed by atoms with Crippen LogP contribution >= 0.6 is 11.3 Å². The van der Waals surface area contributed by atoms with Gasteiger partial charge in [0.15, 0.2) is 0 Å². The van der Waals surface area contributed by atoms with Crippen LogP contribution in [0, 0.1) is 0 Å². The average Bonchev–Trinajstić information content (AvgIpc) is 3.19. The van der Waals surface area contributed by atoms with Crippen LogP contribution in [0.3, 0.4) is 0 Å². The lowest BCUT2D eigenvalue weighted by Crippen LogP contribution is -2.34. The van der Waals surface area contributed by atoms with E-state index in [-0.39, 0.29) is 17.6 Å². The molecule has 1 aliphatic heterocycles. The third-order valence-corrected chi connectivity index (χ3v) is 4.44. The monoisotopic (exact) mass is 305 g/mol. The number of hydrogen-bond acceptors (Lipinski definition) is 3. The first-order valence-corrected chi connectivity index (χ1v) is 7.56. The fourth-order valence-electron chi connectivity index (χ4n) is 2.63. The summed E-state index contributed by atoms with van der Waals surface area (Å²) in [6.45, 7) is 0.670. The van der Waals surface area contributed by atoms with Crippen molar-refractivity contribution in [1.29, 1.82) is 0 Å². The Morgan fingerprint density at radius 1 is 1.43 bits per heavy atom. The van der Waals surface area contributed by atoms with Crippen LogP contribution in [0.15, 0.2) is 29.8 Å². The highest BCUT2D eigenvalue weighted by molar-refractivity contribution is 7.14. The molecule has 2 aromatic rings. The van der Waals surface area contributed by atoms with Crippen molar-refractivity contribution < 1.29 is 14.7 Å². The van der Waals surface area contributed by atoms with Crippen LogP contribution in [0.4, 0.5) is 9.80 Å². The number of likely N-dealkylation sites (tertiary alicyclic amines) is 1. The molecule has 1 atom stereocenters. The second-order valence-corrected chi connectivity index (χ2v) is 5.79. The first-order valence-electron chi connectivity index (χ1n) is 6.68. The highest BCUT2D eigenvalue weighted by Gasteiger charge is 2.31. The Labute approximate surface area is 125 Å². The van der Waals surface area contributed by atoms with Gasteiger partial charge in [-0.15, -0.1) is 11.3 Å². The van der Waals surface area contributed by atoms with Crippen molar-refractivity contribution in [3.05, 3.63) is 41.0 Å². The number of H-pyrrole nitrogens is 1.